The van der Waals surface area contributed by atoms with Crippen molar-refractivity contribution in [3.63, 3.8) is 0 Å². The number of aliphatic hydroxyl groups excluding tert-OH is 1. The molecule has 0 saturated heterocycles. The third-order valence-electron chi connectivity index (χ3n) is 3.73. The molecule has 1 atom stereocenters. The van der Waals surface area contributed by atoms with Gasteiger partial charge in [-0.25, -0.2) is 0 Å². The molecule has 1 aliphatic heterocycles. The first kappa shape index (κ1) is 12.1. The summed E-state index contributed by atoms with van der Waals surface area (Å²) in [6.07, 6.45) is 0. The van der Waals surface area contributed by atoms with Crippen LogP contribution < -0.4 is 4.90 Å². The highest BCUT2D eigenvalue weighted by Gasteiger charge is 2.33. The standard InChI is InChI=1S/C14H19NO2/c1-9-11-7-10(14(2,3)8-16)5-6-12(11)15(4)13(9)17/h5-7,9,16H,8H2,1-4H3. The quantitative estimate of drug-likeness (QED) is 0.849. The zero-order chi connectivity index (χ0) is 12.8. The zero-order valence-electron chi connectivity index (χ0n) is 10.8. The van der Waals surface area contributed by atoms with Gasteiger partial charge in [-0.2, -0.15) is 0 Å². The lowest BCUT2D eigenvalue weighted by Crippen LogP contribution is -2.22. The minimum absolute atomic E-state index is 0.0792. The normalized spacial score (nSPS) is 19.7. The first-order chi connectivity index (χ1) is 7.88. The van der Waals surface area contributed by atoms with Crippen molar-refractivity contribution in [2.45, 2.75) is 32.1 Å². The molecule has 0 aromatic heterocycles. The molecule has 0 radical (unpaired) electrons. The molecule has 92 valence electrons. The van der Waals surface area contributed by atoms with Gasteiger partial charge in [-0.05, 0) is 24.1 Å². The fourth-order valence-electron chi connectivity index (χ4n) is 2.26. The molecule has 0 aliphatic carbocycles. The van der Waals surface area contributed by atoms with E-state index in [0.717, 1.165) is 16.8 Å². The molecule has 2 rings (SSSR count). The summed E-state index contributed by atoms with van der Waals surface area (Å²) in [6, 6.07) is 6.03. The molecular formula is C14H19NO2. The van der Waals surface area contributed by atoms with Gasteiger partial charge in [0.05, 0.1) is 12.5 Å². The molecule has 1 N–H and O–H groups in total. The van der Waals surface area contributed by atoms with Crippen molar-refractivity contribution in [2.24, 2.45) is 0 Å². The van der Waals surface area contributed by atoms with E-state index in [4.69, 9.17) is 0 Å². The molecule has 1 aliphatic rings. The second-order valence-electron chi connectivity index (χ2n) is 5.43. The Hall–Kier alpha value is -1.35. The van der Waals surface area contributed by atoms with Crippen LogP contribution in [0.25, 0.3) is 0 Å². The third kappa shape index (κ3) is 1.75. The number of rotatable bonds is 2. The summed E-state index contributed by atoms with van der Waals surface area (Å²) in [5.74, 6) is 0.0587. The average Bonchev–Trinajstić information content (AvgIpc) is 2.54. The van der Waals surface area contributed by atoms with E-state index in [0.29, 0.717) is 0 Å². The maximum Gasteiger partial charge on any atom is 0.234 e. The van der Waals surface area contributed by atoms with Gasteiger partial charge in [0, 0.05) is 18.2 Å². The minimum atomic E-state index is -0.265. The lowest BCUT2D eigenvalue weighted by molar-refractivity contribution is -0.118. The highest BCUT2D eigenvalue weighted by molar-refractivity contribution is 6.04. The van der Waals surface area contributed by atoms with Gasteiger partial charge in [-0.15, -0.1) is 0 Å². The van der Waals surface area contributed by atoms with Gasteiger partial charge in [-0.1, -0.05) is 26.0 Å². The summed E-state index contributed by atoms with van der Waals surface area (Å²) in [7, 11) is 1.81. The van der Waals surface area contributed by atoms with Crippen molar-refractivity contribution in [1.29, 1.82) is 0 Å². The summed E-state index contributed by atoms with van der Waals surface area (Å²) in [6.45, 7) is 6.03. The summed E-state index contributed by atoms with van der Waals surface area (Å²) in [5.41, 5.74) is 2.86. The Morgan fingerprint density at radius 3 is 2.65 bits per heavy atom. The van der Waals surface area contributed by atoms with Crippen LogP contribution in [0.5, 0.6) is 0 Å². The van der Waals surface area contributed by atoms with E-state index in [1.807, 2.05) is 40.0 Å². The topological polar surface area (TPSA) is 40.5 Å². The number of benzene rings is 1. The average molecular weight is 233 g/mol. The fraction of sp³-hybridized carbons (Fsp3) is 0.500. The molecule has 1 amide bonds. The van der Waals surface area contributed by atoms with Crippen molar-refractivity contribution in [3.8, 4) is 0 Å². The molecule has 3 nitrogen and oxygen atoms in total. The van der Waals surface area contributed by atoms with Crippen LogP contribution in [0.2, 0.25) is 0 Å². The molecular weight excluding hydrogens is 214 g/mol. The first-order valence-corrected chi connectivity index (χ1v) is 5.91. The van der Waals surface area contributed by atoms with Gasteiger partial charge in [0.15, 0.2) is 0 Å². The SMILES string of the molecule is CC1C(=O)N(C)c2ccc(C(C)(C)CO)cc21. The second kappa shape index (κ2) is 3.84. The molecule has 1 aromatic rings. The van der Waals surface area contributed by atoms with Crippen LogP contribution >= 0.6 is 0 Å². The van der Waals surface area contributed by atoms with Crippen molar-refractivity contribution >= 4 is 11.6 Å². The number of amides is 1. The predicted molar refractivity (Wildman–Crippen MR) is 68.4 cm³/mol. The molecule has 3 heteroatoms. The summed E-state index contributed by atoms with van der Waals surface area (Å²) >= 11 is 0. The Morgan fingerprint density at radius 2 is 2.06 bits per heavy atom. The van der Waals surface area contributed by atoms with Crippen LogP contribution in [0.1, 0.15) is 37.8 Å². The van der Waals surface area contributed by atoms with E-state index in [2.05, 4.69) is 6.07 Å². The Bertz CT molecular complexity index is 465. The number of aliphatic hydroxyl groups is 1. The van der Waals surface area contributed by atoms with Crippen LogP contribution in [0.15, 0.2) is 18.2 Å². The number of likely N-dealkylation sites (N-methyl/N-ethyl adjacent to an activating group) is 1. The molecule has 0 fully saturated rings. The fourth-order valence-corrected chi connectivity index (χ4v) is 2.26. The van der Waals surface area contributed by atoms with Crippen LogP contribution in [-0.4, -0.2) is 24.7 Å². The van der Waals surface area contributed by atoms with Crippen molar-refractivity contribution in [2.75, 3.05) is 18.6 Å². The summed E-state index contributed by atoms with van der Waals surface area (Å²) in [4.78, 5) is 13.6. The highest BCUT2D eigenvalue weighted by Crippen LogP contribution is 2.38. The highest BCUT2D eigenvalue weighted by atomic mass is 16.3. The Morgan fingerprint density at radius 1 is 1.41 bits per heavy atom. The molecule has 1 heterocycles. The van der Waals surface area contributed by atoms with Crippen LogP contribution in [0.4, 0.5) is 5.69 Å². The van der Waals surface area contributed by atoms with Crippen molar-refractivity contribution < 1.29 is 9.90 Å². The van der Waals surface area contributed by atoms with Crippen molar-refractivity contribution in [1.82, 2.24) is 0 Å². The van der Waals surface area contributed by atoms with E-state index in [-0.39, 0.29) is 23.8 Å². The van der Waals surface area contributed by atoms with E-state index in [1.165, 1.54) is 0 Å². The van der Waals surface area contributed by atoms with Crippen molar-refractivity contribution in [3.05, 3.63) is 29.3 Å². The largest absolute Gasteiger partial charge is 0.395 e. The smallest absolute Gasteiger partial charge is 0.234 e. The number of carbonyl (C=O) groups is 1. The van der Waals surface area contributed by atoms with E-state index < -0.39 is 0 Å². The molecule has 17 heavy (non-hydrogen) atoms. The summed E-state index contributed by atoms with van der Waals surface area (Å²) in [5, 5.41) is 9.39. The number of anilines is 1. The van der Waals surface area contributed by atoms with Crippen LogP contribution in [-0.2, 0) is 10.2 Å². The van der Waals surface area contributed by atoms with Crippen LogP contribution in [0, 0.1) is 0 Å². The first-order valence-electron chi connectivity index (χ1n) is 5.91. The predicted octanol–water partition coefficient (Wildman–Crippen LogP) is 2.04. The van der Waals surface area contributed by atoms with E-state index in [1.54, 1.807) is 4.90 Å². The number of hydrogen-bond acceptors (Lipinski definition) is 2. The summed E-state index contributed by atoms with van der Waals surface area (Å²) < 4.78 is 0. The maximum atomic E-state index is 11.9. The van der Waals surface area contributed by atoms with Gasteiger partial charge >= 0.3 is 0 Å². The van der Waals surface area contributed by atoms with E-state index >= 15 is 0 Å². The number of nitrogens with zero attached hydrogens (tertiary/aromatic N) is 1. The molecule has 1 unspecified atom stereocenters. The molecule has 1 aromatic carbocycles. The van der Waals surface area contributed by atoms with Gasteiger partial charge in [0.2, 0.25) is 5.91 Å². The van der Waals surface area contributed by atoms with Gasteiger partial charge in [0.25, 0.3) is 0 Å². The van der Waals surface area contributed by atoms with Crippen LogP contribution in [0.3, 0.4) is 0 Å². The maximum absolute atomic E-state index is 11.9. The Labute approximate surface area is 102 Å². The minimum Gasteiger partial charge on any atom is -0.395 e. The Balaban J connectivity index is 2.50. The number of carbonyl (C=O) groups excluding carboxylic acids is 1. The van der Waals surface area contributed by atoms with Gasteiger partial charge < -0.3 is 10.0 Å². The lowest BCUT2D eigenvalue weighted by Gasteiger charge is -2.23. The third-order valence-corrected chi connectivity index (χ3v) is 3.73. The second-order valence-corrected chi connectivity index (χ2v) is 5.43. The Kier molecular flexibility index (Phi) is 2.74. The van der Waals surface area contributed by atoms with Gasteiger partial charge in [0.1, 0.15) is 0 Å². The molecule has 0 saturated carbocycles. The molecule has 0 spiro atoms. The monoisotopic (exact) mass is 233 g/mol. The van der Waals surface area contributed by atoms with Gasteiger partial charge in [-0.3, -0.25) is 4.79 Å². The van der Waals surface area contributed by atoms with E-state index in [9.17, 15) is 9.90 Å². The zero-order valence-corrected chi connectivity index (χ0v) is 10.8. The lowest BCUT2D eigenvalue weighted by atomic mass is 9.83. The molecule has 0 bridgehead atoms. The number of fused-ring (bicyclic) bond motifs is 1. The number of hydrogen-bond donors (Lipinski definition) is 1.